The molecular weight excluding hydrogens is 226 g/mol. The molecule has 2 aliphatic carbocycles. The summed E-state index contributed by atoms with van der Waals surface area (Å²) in [5, 5.41) is 15.1. The summed E-state index contributed by atoms with van der Waals surface area (Å²) < 4.78 is 1.97. The van der Waals surface area contributed by atoms with Crippen molar-refractivity contribution < 1.29 is 5.11 Å². The molecule has 0 saturated heterocycles. The first kappa shape index (κ1) is 12.2. The van der Waals surface area contributed by atoms with Crippen molar-refractivity contribution in [3.8, 4) is 0 Å². The van der Waals surface area contributed by atoms with E-state index in [1.54, 1.807) is 6.33 Å². The van der Waals surface area contributed by atoms with Crippen molar-refractivity contribution in [1.29, 1.82) is 0 Å². The Balaban J connectivity index is 1.74. The van der Waals surface area contributed by atoms with Gasteiger partial charge < -0.3 is 5.11 Å². The second-order valence-electron chi connectivity index (χ2n) is 6.53. The predicted molar refractivity (Wildman–Crippen MR) is 69.0 cm³/mol. The van der Waals surface area contributed by atoms with Gasteiger partial charge in [-0.15, -0.1) is 0 Å². The molecule has 1 aromatic rings. The Kier molecular flexibility index (Phi) is 2.93. The molecule has 3 atom stereocenters. The summed E-state index contributed by atoms with van der Waals surface area (Å²) in [6.07, 6.45) is 6.92. The van der Waals surface area contributed by atoms with Crippen LogP contribution in [0.5, 0.6) is 0 Å². The van der Waals surface area contributed by atoms with E-state index in [0.29, 0.717) is 18.3 Å². The molecular formula is C14H23N3O. The van der Waals surface area contributed by atoms with Gasteiger partial charge in [0.25, 0.3) is 0 Å². The normalized spacial score (nSPS) is 34.7. The number of hydrogen-bond acceptors (Lipinski definition) is 3. The maximum Gasteiger partial charge on any atom is 0.138 e. The fourth-order valence-electron chi connectivity index (χ4n) is 3.50. The van der Waals surface area contributed by atoms with Gasteiger partial charge in [0, 0.05) is 13.0 Å². The zero-order valence-corrected chi connectivity index (χ0v) is 11.3. The second-order valence-corrected chi connectivity index (χ2v) is 6.53. The summed E-state index contributed by atoms with van der Waals surface area (Å²) in [7, 11) is 0. The van der Waals surface area contributed by atoms with Gasteiger partial charge in [-0.05, 0) is 37.0 Å². The number of rotatable bonds is 4. The van der Waals surface area contributed by atoms with Crippen LogP contribution in [0.2, 0.25) is 0 Å². The Hall–Kier alpha value is -0.900. The maximum absolute atomic E-state index is 10.8. The van der Waals surface area contributed by atoms with Crippen molar-refractivity contribution in [1.82, 2.24) is 14.8 Å². The fraction of sp³-hybridized carbons (Fsp3) is 0.857. The summed E-state index contributed by atoms with van der Waals surface area (Å²) in [5.74, 6) is 2.82. The van der Waals surface area contributed by atoms with Crippen molar-refractivity contribution in [3.63, 3.8) is 0 Å². The van der Waals surface area contributed by atoms with Crippen LogP contribution in [0.25, 0.3) is 0 Å². The van der Waals surface area contributed by atoms with Crippen LogP contribution in [-0.2, 0) is 13.0 Å². The van der Waals surface area contributed by atoms with E-state index in [1.807, 2.05) is 4.68 Å². The van der Waals surface area contributed by atoms with E-state index in [0.717, 1.165) is 31.1 Å². The lowest BCUT2D eigenvalue weighted by Crippen LogP contribution is -2.38. The van der Waals surface area contributed by atoms with Gasteiger partial charge in [-0.25, -0.2) is 9.67 Å². The monoisotopic (exact) mass is 249 g/mol. The van der Waals surface area contributed by atoms with Crippen molar-refractivity contribution in [2.24, 2.45) is 17.8 Å². The van der Waals surface area contributed by atoms with E-state index >= 15 is 0 Å². The number of hydrogen-bond donors (Lipinski definition) is 1. The van der Waals surface area contributed by atoms with Crippen molar-refractivity contribution in [2.75, 3.05) is 0 Å². The summed E-state index contributed by atoms with van der Waals surface area (Å²) in [6.45, 7) is 5.24. The molecule has 0 aliphatic heterocycles. The van der Waals surface area contributed by atoms with Gasteiger partial charge in [0.1, 0.15) is 12.2 Å². The largest absolute Gasteiger partial charge is 0.389 e. The molecule has 2 aliphatic rings. The fourth-order valence-corrected chi connectivity index (χ4v) is 3.50. The number of aromatic nitrogens is 3. The van der Waals surface area contributed by atoms with Crippen LogP contribution in [0.15, 0.2) is 6.33 Å². The van der Waals surface area contributed by atoms with Crippen LogP contribution >= 0.6 is 0 Å². The molecule has 100 valence electrons. The van der Waals surface area contributed by atoms with E-state index in [1.165, 1.54) is 12.8 Å². The minimum absolute atomic E-state index is 0.509. The second kappa shape index (κ2) is 4.34. The lowest BCUT2D eigenvalue weighted by Gasteiger charge is -2.31. The first-order valence-corrected chi connectivity index (χ1v) is 7.17. The molecule has 0 amide bonds. The Morgan fingerprint density at radius 3 is 3.17 bits per heavy atom. The van der Waals surface area contributed by atoms with Crippen LogP contribution in [-0.4, -0.2) is 25.5 Å². The number of nitrogens with zero attached hydrogens (tertiary/aromatic N) is 3. The SMILES string of the molecule is CC(C)Cn1ncnc1CC1(O)CCCC2CC21. The van der Waals surface area contributed by atoms with Gasteiger partial charge in [-0.2, -0.15) is 5.10 Å². The van der Waals surface area contributed by atoms with Gasteiger partial charge in [0.05, 0.1) is 5.60 Å². The quantitative estimate of drug-likeness (QED) is 0.888. The van der Waals surface area contributed by atoms with Gasteiger partial charge in [0.15, 0.2) is 0 Å². The van der Waals surface area contributed by atoms with E-state index in [9.17, 15) is 5.11 Å². The zero-order chi connectivity index (χ0) is 12.8. The van der Waals surface area contributed by atoms with Crippen LogP contribution in [0, 0.1) is 17.8 Å². The molecule has 2 saturated carbocycles. The molecule has 3 rings (SSSR count). The lowest BCUT2D eigenvalue weighted by molar-refractivity contribution is -0.0130. The van der Waals surface area contributed by atoms with Crippen LogP contribution < -0.4 is 0 Å². The van der Waals surface area contributed by atoms with E-state index < -0.39 is 5.60 Å². The molecule has 18 heavy (non-hydrogen) atoms. The van der Waals surface area contributed by atoms with Crippen LogP contribution in [0.3, 0.4) is 0 Å². The number of fused-ring (bicyclic) bond motifs is 1. The van der Waals surface area contributed by atoms with Gasteiger partial charge in [-0.3, -0.25) is 0 Å². The van der Waals surface area contributed by atoms with Crippen molar-refractivity contribution in [2.45, 2.75) is 58.1 Å². The average molecular weight is 249 g/mol. The molecule has 1 aromatic heterocycles. The first-order valence-electron chi connectivity index (χ1n) is 7.17. The molecule has 0 bridgehead atoms. The zero-order valence-electron chi connectivity index (χ0n) is 11.3. The van der Waals surface area contributed by atoms with Gasteiger partial charge >= 0.3 is 0 Å². The lowest BCUT2D eigenvalue weighted by atomic mass is 9.82. The van der Waals surface area contributed by atoms with E-state index in [4.69, 9.17) is 0 Å². The Morgan fingerprint density at radius 1 is 1.56 bits per heavy atom. The highest BCUT2D eigenvalue weighted by molar-refractivity contribution is 5.08. The maximum atomic E-state index is 10.8. The average Bonchev–Trinajstić information content (AvgIpc) is 2.98. The van der Waals surface area contributed by atoms with Gasteiger partial charge in [0.2, 0.25) is 0 Å². The summed E-state index contributed by atoms with van der Waals surface area (Å²) in [5.41, 5.74) is -0.509. The molecule has 3 unspecified atom stereocenters. The molecule has 4 heteroatoms. The van der Waals surface area contributed by atoms with E-state index in [-0.39, 0.29) is 0 Å². The smallest absolute Gasteiger partial charge is 0.138 e. The summed E-state index contributed by atoms with van der Waals surface area (Å²) >= 11 is 0. The molecule has 0 aromatic carbocycles. The minimum Gasteiger partial charge on any atom is -0.389 e. The molecule has 2 fully saturated rings. The highest BCUT2D eigenvalue weighted by atomic mass is 16.3. The Morgan fingerprint density at radius 2 is 2.39 bits per heavy atom. The molecule has 1 N–H and O–H groups in total. The number of aliphatic hydroxyl groups is 1. The minimum atomic E-state index is -0.509. The predicted octanol–water partition coefficient (Wildman–Crippen LogP) is 2.03. The molecule has 1 heterocycles. The third kappa shape index (κ3) is 2.18. The Labute approximate surface area is 108 Å². The third-order valence-electron chi connectivity index (χ3n) is 4.50. The third-order valence-corrected chi connectivity index (χ3v) is 4.50. The van der Waals surface area contributed by atoms with Crippen LogP contribution in [0.1, 0.15) is 45.4 Å². The first-order chi connectivity index (χ1) is 8.58. The topological polar surface area (TPSA) is 50.9 Å². The summed E-state index contributed by atoms with van der Waals surface area (Å²) in [4.78, 5) is 4.35. The highest BCUT2D eigenvalue weighted by Crippen LogP contribution is 2.55. The highest BCUT2D eigenvalue weighted by Gasteiger charge is 2.54. The van der Waals surface area contributed by atoms with Crippen LogP contribution in [0.4, 0.5) is 0 Å². The molecule has 4 nitrogen and oxygen atoms in total. The Bertz CT molecular complexity index is 428. The molecule has 0 radical (unpaired) electrons. The summed E-state index contributed by atoms with van der Waals surface area (Å²) in [6, 6.07) is 0. The molecule has 0 spiro atoms. The van der Waals surface area contributed by atoms with Crippen molar-refractivity contribution >= 4 is 0 Å². The van der Waals surface area contributed by atoms with E-state index in [2.05, 4.69) is 23.9 Å². The van der Waals surface area contributed by atoms with Crippen molar-refractivity contribution in [3.05, 3.63) is 12.2 Å². The van der Waals surface area contributed by atoms with Gasteiger partial charge in [-0.1, -0.05) is 20.3 Å². The standard InChI is InChI=1S/C14H23N3O/c1-10(2)8-17-13(15-9-16-17)7-14(18)5-3-4-11-6-12(11)14/h9-12,18H,3-8H2,1-2H3.